The molecule has 2 N–H and O–H groups in total. The van der Waals surface area contributed by atoms with Crippen LogP contribution in [0.5, 0.6) is 0 Å². The topological polar surface area (TPSA) is 29.3 Å². The number of nitrogens with two attached hydrogens (primary N) is 1. The lowest BCUT2D eigenvalue weighted by molar-refractivity contribution is -0.0284. The van der Waals surface area contributed by atoms with Crippen LogP contribution in [0.25, 0.3) is 0 Å². The summed E-state index contributed by atoms with van der Waals surface area (Å²) in [5.41, 5.74) is 0.674. The average Bonchev–Trinajstić information content (AvgIpc) is 1.87. The average molecular weight is 140 g/mol. The van der Waals surface area contributed by atoms with Crippen LogP contribution in [0.1, 0.15) is 32.1 Å². The summed E-state index contributed by atoms with van der Waals surface area (Å²) >= 11 is 0. The minimum atomic E-state index is 0.674. The van der Waals surface area contributed by atoms with E-state index in [4.69, 9.17) is 5.84 Å². The van der Waals surface area contributed by atoms with E-state index in [-0.39, 0.29) is 0 Å². The molecule has 0 aromatic carbocycles. The Morgan fingerprint density at radius 1 is 1.00 bits per heavy atom. The van der Waals surface area contributed by atoms with E-state index in [2.05, 4.69) is 0 Å². The summed E-state index contributed by atoms with van der Waals surface area (Å²) in [6.45, 7) is 2.32. The molecule has 2 aliphatic rings. The van der Waals surface area contributed by atoms with E-state index in [1.165, 1.54) is 32.1 Å². The summed E-state index contributed by atoms with van der Waals surface area (Å²) in [7, 11) is 0. The van der Waals surface area contributed by atoms with Crippen molar-refractivity contribution >= 4 is 0 Å². The highest BCUT2D eigenvalue weighted by molar-refractivity contribution is 4.94. The zero-order valence-electron chi connectivity index (χ0n) is 6.47. The van der Waals surface area contributed by atoms with Crippen LogP contribution in [0.4, 0.5) is 0 Å². The zero-order valence-corrected chi connectivity index (χ0v) is 6.47. The number of nitrogens with zero attached hydrogens (tertiary/aromatic N) is 1. The maximum Gasteiger partial charge on any atom is 0.0198 e. The Morgan fingerprint density at radius 2 is 1.60 bits per heavy atom. The molecule has 1 heterocycles. The van der Waals surface area contributed by atoms with Gasteiger partial charge in [-0.15, -0.1) is 0 Å². The maximum atomic E-state index is 5.62. The van der Waals surface area contributed by atoms with Crippen molar-refractivity contribution in [2.45, 2.75) is 32.1 Å². The minimum Gasteiger partial charge on any atom is -0.269 e. The van der Waals surface area contributed by atoms with E-state index < -0.39 is 0 Å². The second-order valence-corrected chi connectivity index (χ2v) is 3.97. The molecular formula is C8H16N2. The zero-order chi connectivity index (χ0) is 7.03. The number of hydrogen-bond donors (Lipinski definition) is 1. The van der Waals surface area contributed by atoms with Crippen molar-refractivity contribution in [2.24, 2.45) is 11.3 Å². The van der Waals surface area contributed by atoms with Crippen LogP contribution >= 0.6 is 0 Å². The van der Waals surface area contributed by atoms with Gasteiger partial charge in [0.05, 0.1) is 0 Å². The molecule has 2 heteroatoms. The van der Waals surface area contributed by atoms with E-state index in [9.17, 15) is 0 Å². The standard InChI is InChI=1S/C8H16N2/c9-10-6-8(7-10)4-2-1-3-5-8/h1-7,9H2. The molecule has 0 bridgehead atoms. The van der Waals surface area contributed by atoms with Crippen LogP contribution in [0.2, 0.25) is 0 Å². The van der Waals surface area contributed by atoms with Crippen molar-refractivity contribution in [3.8, 4) is 0 Å². The van der Waals surface area contributed by atoms with Crippen LogP contribution in [0.3, 0.4) is 0 Å². The van der Waals surface area contributed by atoms with Crippen molar-refractivity contribution in [3.05, 3.63) is 0 Å². The second-order valence-electron chi connectivity index (χ2n) is 3.97. The molecule has 1 saturated heterocycles. The molecule has 1 aliphatic carbocycles. The number of hydrogen-bond acceptors (Lipinski definition) is 2. The van der Waals surface area contributed by atoms with Gasteiger partial charge in [-0.25, -0.2) is 5.01 Å². The molecule has 1 spiro atoms. The number of rotatable bonds is 0. The third-order valence-electron chi connectivity index (χ3n) is 2.99. The first kappa shape index (κ1) is 6.62. The normalized spacial score (nSPS) is 32.1. The van der Waals surface area contributed by atoms with Gasteiger partial charge >= 0.3 is 0 Å². The van der Waals surface area contributed by atoms with Gasteiger partial charge in [0.15, 0.2) is 0 Å². The van der Waals surface area contributed by atoms with E-state index >= 15 is 0 Å². The lowest BCUT2D eigenvalue weighted by atomic mass is 9.69. The monoisotopic (exact) mass is 140 g/mol. The van der Waals surface area contributed by atoms with Gasteiger partial charge in [-0.05, 0) is 18.3 Å². The van der Waals surface area contributed by atoms with Gasteiger partial charge in [0.2, 0.25) is 0 Å². The molecule has 58 valence electrons. The van der Waals surface area contributed by atoms with E-state index in [1.807, 2.05) is 5.01 Å². The molecule has 0 unspecified atom stereocenters. The van der Waals surface area contributed by atoms with E-state index in [1.54, 1.807) is 0 Å². The van der Waals surface area contributed by atoms with Gasteiger partial charge < -0.3 is 0 Å². The molecule has 2 nitrogen and oxygen atoms in total. The smallest absolute Gasteiger partial charge is 0.0198 e. The molecule has 0 amide bonds. The first-order valence-corrected chi connectivity index (χ1v) is 4.30. The summed E-state index contributed by atoms with van der Waals surface area (Å²) in [5.74, 6) is 5.62. The molecule has 0 radical (unpaired) electrons. The van der Waals surface area contributed by atoms with Crippen LogP contribution in [0.15, 0.2) is 0 Å². The van der Waals surface area contributed by atoms with Gasteiger partial charge in [-0.3, -0.25) is 5.84 Å². The van der Waals surface area contributed by atoms with Gasteiger partial charge in [0.25, 0.3) is 0 Å². The van der Waals surface area contributed by atoms with Gasteiger partial charge in [0, 0.05) is 13.1 Å². The molecule has 1 aliphatic heterocycles. The van der Waals surface area contributed by atoms with Crippen LogP contribution in [-0.4, -0.2) is 18.1 Å². The fraction of sp³-hybridized carbons (Fsp3) is 1.00. The summed E-state index contributed by atoms with van der Waals surface area (Å²) < 4.78 is 0. The van der Waals surface area contributed by atoms with E-state index in [0.29, 0.717) is 5.41 Å². The van der Waals surface area contributed by atoms with Crippen LogP contribution < -0.4 is 5.84 Å². The molecule has 0 aromatic rings. The predicted molar refractivity (Wildman–Crippen MR) is 41.3 cm³/mol. The van der Waals surface area contributed by atoms with Crippen LogP contribution in [-0.2, 0) is 0 Å². The Kier molecular flexibility index (Phi) is 1.46. The predicted octanol–water partition coefficient (Wildman–Crippen LogP) is 1.13. The SMILES string of the molecule is NN1CC2(CCCCC2)C1. The fourth-order valence-corrected chi connectivity index (χ4v) is 2.43. The summed E-state index contributed by atoms with van der Waals surface area (Å²) in [5, 5.41) is 1.95. The van der Waals surface area contributed by atoms with Crippen molar-refractivity contribution in [2.75, 3.05) is 13.1 Å². The van der Waals surface area contributed by atoms with E-state index in [0.717, 1.165) is 13.1 Å². The first-order chi connectivity index (χ1) is 4.81. The highest BCUT2D eigenvalue weighted by Gasteiger charge is 2.41. The minimum absolute atomic E-state index is 0.674. The second kappa shape index (κ2) is 2.21. The Bertz CT molecular complexity index is 112. The lowest BCUT2D eigenvalue weighted by Crippen LogP contribution is -2.59. The third-order valence-corrected chi connectivity index (χ3v) is 2.99. The summed E-state index contributed by atoms with van der Waals surface area (Å²) in [4.78, 5) is 0. The molecule has 2 fully saturated rings. The molecule has 10 heavy (non-hydrogen) atoms. The fourth-order valence-electron chi connectivity index (χ4n) is 2.43. The highest BCUT2D eigenvalue weighted by Crippen LogP contribution is 2.42. The van der Waals surface area contributed by atoms with Gasteiger partial charge in [-0.2, -0.15) is 0 Å². The Labute approximate surface area is 62.4 Å². The quantitative estimate of drug-likeness (QED) is 0.511. The van der Waals surface area contributed by atoms with Crippen molar-refractivity contribution in [3.63, 3.8) is 0 Å². The lowest BCUT2D eigenvalue weighted by Gasteiger charge is -2.50. The molecule has 0 atom stereocenters. The van der Waals surface area contributed by atoms with Crippen molar-refractivity contribution in [1.29, 1.82) is 0 Å². The Hall–Kier alpha value is -0.0800. The number of hydrazine groups is 1. The Morgan fingerprint density at radius 3 is 2.10 bits per heavy atom. The van der Waals surface area contributed by atoms with Crippen molar-refractivity contribution in [1.82, 2.24) is 5.01 Å². The summed E-state index contributed by atoms with van der Waals surface area (Å²) in [6.07, 6.45) is 7.19. The first-order valence-electron chi connectivity index (χ1n) is 4.30. The molecular weight excluding hydrogens is 124 g/mol. The molecule has 0 aromatic heterocycles. The Balaban J connectivity index is 1.90. The largest absolute Gasteiger partial charge is 0.269 e. The van der Waals surface area contributed by atoms with Gasteiger partial charge in [0.1, 0.15) is 0 Å². The third kappa shape index (κ3) is 0.956. The maximum absolute atomic E-state index is 5.62. The van der Waals surface area contributed by atoms with Gasteiger partial charge in [-0.1, -0.05) is 19.3 Å². The van der Waals surface area contributed by atoms with Crippen molar-refractivity contribution < 1.29 is 0 Å². The molecule has 2 rings (SSSR count). The molecule has 1 saturated carbocycles. The summed E-state index contributed by atoms with van der Waals surface area (Å²) in [6, 6.07) is 0. The van der Waals surface area contributed by atoms with Crippen LogP contribution in [0, 0.1) is 5.41 Å². The highest BCUT2D eigenvalue weighted by atomic mass is 15.4.